The molecule has 0 bridgehead atoms. The van der Waals surface area contributed by atoms with Crippen molar-refractivity contribution in [3.05, 3.63) is 48.0 Å². The van der Waals surface area contributed by atoms with Crippen LogP contribution in [-0.4, -0.2) is 41.7 Å². The molecule has 3 aromatic rings. The molecule has 1 heterocycles. The van der Waals surface area contributed by atoms with E-state index in [2.05, 4.69) is 10.3 Å². The van der Waals surface area contributed by atoms with E-state index in [9.17, 15) is 13.2 Å². The first-order valence-corrected chi connectivity index (χ1v) is 8.76. The molecule has 25 heavy (non-hydrogen) atoms. The first-order valence-electron chi connectivity index (χ1n) is 7.11. The highest BCUT2D eigenvalue weighted by Crippen LogP contribution is 2.24. The molecular formula is C15H14N4O5S. The van der Waals surface area contributed by atoms with E-state index in [0.29, 0.717) is 22.5 Å². The van der Waals surface area contributed by atoms with Crippen LogP contribution in [0.5, 0.6) is 5.75 Å². The highest BCUT2D eigenvalue weighted by atomic mass is 32.2. The molecular weight excluding hydrogens is 348 g/mol. The molecule has 0 spiro atoms. The molecule has 130 valence electrons. The van der Waals surface area contributed by atoms with Gasteiger partial charge < -0.3 is 9.84 Å². The number of methoxy groups -OCH3 is 1. The SMILES string of the molecule is COc1cccc2c1nnn2-c1ccc(CS(=O)(=O)NC(=O)O)cc1. The lowest BCUT2D eigenvalue weighted by Gasteiger charge is -2.06. The van der Waals surface area contributed by atoms with Crippen LogP contribution >= 0.6 is 0 Å². The third-order valence-electron chi connectivity index (χ3n) is 3.44. The van der Waals surface area contributed by atoms with Gasteiger partial charge in [0.1, 0.15) is 5.75 Å². The number of aromatic nitrogens is 3. The first kappa shape index (κ1) is 16.7. The maximum absolute atomic E-state index is 11.6. The van der Waals surface area contributed by atoms with Gasteiger partial charge in [0, 0.05) is 0 Å². The number of amides is 1. The second-order valence-corrected chi connectivity index (χ2v) is 6.88. The van der Waals surface area contributed by atoms with E-state index >= 15 is 0 Å². The Hall–Kier alpha value is -3.14. The second kappa shape index (κ2) is 6.40. The predicted octanol–water partition coefficient (Wildman–Crippen LogP) is 1.53. The minimum Gasteiger partial charge on any atom is -0.494 e. The number of nitrogens with zero attached hydrogens (tertiary/aromatic N) is 3. The predicted molar refractivity (Wildman–Crippen MR) is 89.2 cm³/mol. The van der Waals surface area contributed by atoms with Crippen LogP contribution < -0.4 is 9.46 Å². The summed E-state index contributed by atoms with van der Waals surface area (Å²) < 4.78 is 31.6. The fourth-order valence-corrected chi connectivity index (χ4v) is 3.37. The Labute approximate surface area is 142 Å². The lowest BCUT2D eigenvalue weighted by Crippen LogP contribution is -2.29. The molecule has 0 saturated heterocycles. The highest BCUT2D eigenvalue weighted by molar-refractivity contribution is 7.89. The van der Waals surface area contributed by atoms with Gasteiger partial charge in [-0.2, -0.15) is 0 Å². The number of ether oxygens (including phenoxy) is 1. The molecule has 1 aromatic heterocycles. The minimum atomic E-state index is -3.95. The van der Waals surface area contributed by atoms with E-state index in [1.54, 1.807) is 42.1 Å². The molecule has 0 fully saturated rings. The third-order valence-corrected chi connectivity index (χ3v) is 4.64. The summed E-state index contributed by atoms with van der Waals surface area (Å²) in [5, 5.41) is 16.7. The average molecular weight is 362 g/mol. The number of rotatable bonds is 5. The number of benzene rings is 2. The summed E-state index contributed by atoms with van der Waals surface area (Å²) in [6, 6.07) is 12.0. The van der Waals surface area contributed by atoms with Crippen molar-refractivity contribution in [2.75, 3.05) is 7.11 Å². The van der Waals surface area contributed by atoms with Gasteiger partial charge in [-0.3, -0.25) is 0 Å². The average Bonchev–Trinajstić information content (AvgIpc) is 2.98. The quantitative estimate of drug-likeness (QED) is 0.705. The summed E-state index contributed by atoms with van der Waals surface area (Å²) in [6.07, 6.45) is -1.61. The Morgan fingerprint density at radius 3 is 2.60 bits per heavy atom. The molecule has 0 atom stereocenters. The molecule has 0 unspecified atom stereocenters. The molecule has 0 aliphatic rings. The number of fused-ring (bicyclic) bond motifs is 1. The van der Waals surface area contributed by atoms with Gasteiger partial charge in [0.2, 0.25) is 10.0 Å². The Kier molecular flexibility index (Phi) is 4.28. The molecule has 2 N–H and O–H groups in total. The maximum atomic E-state index is 11.6. The zero-order chi connectivity index (χ0) is 18.0. The molecule has 0 aliphatic carbocycles. The standard InChI is InChI=1S/C15H14N4O5S/c1-24-13-4-2-3-12-14(13)16-18-19(12)11-7-5-10(6-8-11)9-25(22,23)17-15(20)21/h2-8,17H,9H2,1H3,(H,20,21). The van der Waals surface area contributed by atoms with Crippen molar-refractivity contribution in [1.82, 2.24) is 19.7 Å². The molecule has 9 nitrogen and oxygen atoms in total. The number of hydrogen-bond acceptors (Lipinski definition) is 6. The van der Waals surface area contributed by atoms with E-state index in [1.165, 1.54) is 4.72 Å². The lowest BCUT2D eigenvalue weighted by molar-refractivity contribution is 0.201. The normalized spacial score (nSPS) is 11.4. The zero-order valence-electron chi connectivity index (χ0n) is 13.1. The van der Waals surface area contributed by atoms with Crippen molar-refractivity contribution < 1.29 is 23.1 Å². The van der Waals surface area contributed by atoms with Crippen molar-refractivity contribution >= 4 is 27.1 Å². The van der Waals surface area contributed by atoms with Gasteiger partial charge in [-0.15, -0.1) is 5.10 Å². The van der Waals surface area contributed by atoms with Crippen molar-refractivity contribution in [3.8, 4) is 11.4 Å². The molecule has 0 radical (unpaired) electrons. The van der Waals surface area contributed by atoms with Crippen LogP contribution in [0, 0.1) is 0 Å². The van der Waals surface area contributed by atoms with Gasteiger partial charge in [0.15, 0.2) is 5.52 Å². The van der Waals surface area contributed by atoms with Crippen LogP contribution in [0.15, 0.2) is 42.5 Å². The van der Waals surface area contributed by atoms with Gasteiger partial charge in [-0.1, -0.05) is 23.4 Å². The summed E-state index contributed by atoms with van der Waals surface area (Å²) in [7, 11) is -2.40. The largest absolute Gasteiger partial charge is 0.494 e. The number of carboxylic acid groups (broad SMARTS) is 1. The third kappa shape index (κ3) is 3.53. The molecule has 10 heteroatoms. The lowest BCUT2D eigenvalue weighted by atomic mass is 10.2. The van der Waals surface area contributed by atoms with Crippen LogP contribution in [0.4, 0.5) is 4.79 Å². The van der Waals surface area contributed by atoms with E-state index in [-0.39, 0.29) is 0 Å². The molecule has 2 aromatic carbocycles. The molecule has 0 aliphatic heterocycles. The Balaban J connectivity index is 1.90. The second-order valence-electron chi connectivity index (χ2n) is 5.16. The van der Waals surface area contributed by atoms with E-state index < -0.39 is 21.9 Å². The zero-order valence-corrected chi connectivity index (χ0v) is 13.9. The summed E-state index contributed by atoms with van der Waals surface area (Å²) >= 11 is 0. The van der Waals surface area contributed by atoms with Crippen LogP contribution in [0.1, 0.15) is 5.56 Å². The minimum absolute atomic E-state index is 0.439. The molecule has 3 rings (SSSR count). The van der Waals surface area contributed by atoms with Crippen LogP contribution in [0.2, 0.25) is 0 Å². The number of nitrogens with one attached hydrogen (secondary N) is 1. The Bertz CT molecular complexity index is 1030. The van der Waals surface area contributed by atoms with Crippen LogP contribution in [0.25, 0.3) is 16.7 Å². The summed E-state index contributed by atoms with van der Waals surface area (Å²) in [5.41, 5.74) is 2.48. The van der Waals surface area contributed by atoms with Crippen LogP contribution in [-0.2, 0) is 15.8 Å². The maximum Gasteiger partial charge on any atom is 0.418 e. The van der Waals surface area contributed by atoms with Gasteiger partial charge in [0.25, 0.3) is 0 Å². The summed E-state index contributed by atoms with van der Waals surface area (Å²) in [4.78, 5) is 10.5. The van der Waals surface area contributed by atoms with Crippen LogP contribution in [0.3, 0.4) is 0 Å². The highest BCUT2D eigenvalue weighted by Gasteiger charge is 2.15. The monoisotopic (exact) mass is 362 g/mol. The van der Waals surface area contributed by atoms with Crippen molar-refractivity contribution in [2.24, 2.45) is 0 Å². The van der Waals surface area contributed by atoms with E-state index in [1.807, 2.05) is 12.1 Å². The van der Waals surface area contributed by atoms with Gasteiger partial charge in [-0.25, -0.2) is 22.6 Å². The number of carbonyl (C=O) groups is 1. The number of sulfonamides is 1. The first-order chi connectivity index (χ1) is 11.9. The number of hydrogen-bond donors (Lipinski definition) is 2. The topological polar surface area (TPSA) is 123 Å². The smallest absolute Gasteiger partial charge is 0.418 e. The summed E-state index contributed by atoms with van der Waals surface area (Å²) in [5.74, 6) is 0.164. The van der Waals surface area contributed by atoms with Crippen molar-refractivity contribution in [1.29, 1.82) is 0 Å². The van der Waals surface area contributed by atoms with Gasteiger partial charge in [0.05, 0.1) is 24.1 Å². The molecule has 0 saturated carbocycles. The van der Waals surface area contributed by atoms with Crippen molar-refractivity contribution in [2.45, 2.75) is 5.75 Å². The molecule has 1 amide bonds. The fourth-order valence-electron chi connectivity index (χ4n) is 2.40. The van der Waals surface area contributed by atoms with Gasteiger partial charge in [-0.05, 0) is 29.8 Å². The Morgan fingerprint density at radius 1 is 1.24 bits per heavy atom. The fraction of sp³-hybridized carbons (Fsp3) is 0.133. The van der Waals surface area contributed by atoms with E-state index in [4.69, 9.17) is 9.84 Å². The van der Waals surface area contributed by atoms with E-state index in [0.717, 1.165) is 5.52 Å². The summed E-state index contributed by atoms with van der Waals surface area (Å²) in [6.45, 7) is 0. The van der Waals surface area contributed by atoms with Gasteiger partial charge >= 0.3 is 6.09 Å². The Morgan fingerprint density at radius 2 is 1.96 bits per heavy atom. The van der Waals surface area contributed by atoms with Crippen molar-refractivity contribution in [3.63, 3.8) is 0 Å².